The Morgan fingerprint density at radius 3 is 2.69 bits per heavy atom. The molecular formula is C19H18N6O. The second-order valence-corrected chi connectivity index (χ2v) is 6.08. The van der Waals surface area contributed by atoms with Crippen LogP contribution in [-0.4, -0.2) is 30.3 Å². The van der Waals surface area contributed by atoms with Crippen molar-refractivity contribution >= 4 is 11.6 Å². The Morgan fingerprint density at radius 1 is 1.08 bits per heavy atom. The van der Waals surface area contributed by atoms with E-state index < -0.39 is 0 Å². The fourth-order valence-electron chi connectivity index (χ4n) is 2.84. The van der Waals surface area contributed by atoms with Crippen LogP contribution in [-0.2, 0) is 6.54 Å². The molecule has 0 aliphatic heterocycles. The first-order chi connectivity index (χ1) is 12.7. The maximum Gasteiger partial charge on any atom is 0.251 e. The lowest BCUT2D eigenvalue weighted by molar-refractivity contribution is 0.0938. The second-order valence-electron chi connectivity index (χ2n) is 6.08. The number of benzene rings is 1. The number of carbonyl (C=O) groups excluding carboxylic acids is 1. The Morgan fingerprint density at radius 2 is 1.92 bits per heavy atom. The van der Waals surface area contributed by atoms with Gasteiger partial charge < -0.3 is 5.32 Å². The maximum atomic E-state index is 12.5. The van der Waals surface area contributed by atoms with Gasteiger partial charge >= 0.3 is 0 Å². The van der Waals surface area contributed by atoms with E-state index >= 15 is 0 Å². The van der Waals surface area contributed by atoms with Crippen molar-refractivity contribution in [1.82, 2.24) is 29.7 Å². The summed E-state index contributed by atoms with van der Waals surface area (Å²) >= 11 is 0. The molecule has 0 saturated heterocycles. The predicted octanol–water partition coefficient (Wildman–Crippen LogP) is 2.47. The van der Waals surface area contributed by atoms with Gasteiger partial charge in [-0.15, -0.1) is 10.2 Å². The third-order valence-corrected chi connectivity index (χ3v) is 4.19. The zero-order valence-electron chi connectivity index (χ0n) is 14.3. The van der Waals surface area contributed by atoms with E-state index in [4.69, 9.17) is 0 Å². The Balaban J connectivity index is 1.45. The summed E-state index contributed by atoms with van der Waals surface area (Å²) in [6.45, 7) is 2.57. The number of nitrogens with one attached hydrogen (secondary N) is 1. The molecule has 0 aliphatic carbocycles. The van der Waals surface area contributed by atoms with Gasteiger partial charge in [-0.25, -0.2) is 0 Å². The third kappa shape index (κ3) is 3.19. The lowest BCUT2D eigenvalue weighted by Crippen LogP contribution is -2.28. The number of amides is 1. The molecule has 4 aromatic rings. The van der Waals surface area contributed by atoms with Crippen LogP contribution in [0.3, 0.4) is 0 Å². The molecule has 1 aromatic carbocycles. The van der Waals surface area contributed by atoms with Gasteiger partial charge in [-0.1, -0.05) is 18.2 Å². The molecule has 26 heavy (non-hydrogen) atoms. The van der Waals surface area contributed by atoms with E-state index in [1.54, 1.807) is 6.20 Å². The van der Waals surface area contributed by atoms with Crippen molar-refractivity contribution in [3.63, 3.8) is 0 Å². The topological polar surface area (TPSA) is 77.1 Å². The lowest BCUT2D eigenvalue weighted by atomic mass is 10.1. The number of hydrogen-bond donors (Lipinski definition) is 1. The van der Waals surface area contributed by atoms with Crippen LogP contribution in [0.25, 0.3) is 5.65 Å². The van der Waals surface area contributed by atoms with Gasteiger partial charge in [-0.05, 0) is 42.8 Å². The van der Waals surface area contributed by atoms with E-state index in [0.717, 1.165) is 11.2 Å². The number of carbonyl (C=O) groups is 1. The van der Waals surface area contributed by atoms with Gasteiger partial charge in [0.2, 0.25) is 0 Å². The molecule has 1 amide bonds. The average Bonchev–Trinajstić information content (AvgIpc) is 3.31. The van der Waals surface area contributed by atoms with Crippen LogP contribution >= 0.6 is 0 Å². The van der Waals surface area contributed by atoms with Gasteiger partial charge in [-0.2, -0.15) is 5.10 Å². The smallest absolute Gasteiger partial charge is 0.251 e. The molecule has 1 atom stereocenters. The van der Waals surface area contributed by atoms with E-state index in [9.17, 15) is 4.79 Å². The molecule has 1 N–H and O–H groups in total. The van der Waals surface area contributed by atoms with Crippen molar-refractivity contribution in [2.24, 2.45) is 0 Å². The monoisotopic (exact) mass is 346 g/mol. The Hall–Kier alpha value is -3.48. The molecule has 0 fully saturated rings. The van der Waals surface area contributed by atoms with Crippen LogP contribution in [0.2, 0.25) is 0 Å². The van der Waals surface area contributed by atoms with Gasteiger partial charge in [0, 0.05) is 24.2 Å². The molecule has 0 spiro atoms. The third-order valence-electron chi connectivity index (χ3n) is 4.19. The highest BCUT2D eigenvalue weighted by atomic mass is 16.1. The van der Waals surface area contributed by atoms with Crippen molar-refractivity contribution in [2.75, 3.05) is 0 Å². The predicted molar refractivity (Wildman–Crippen MR) is 96.6 cm³/mol. The molecule has 130 valence electrons. The number of rotatable bonds is 5. The van der Waals surface area contributed by atoms with Crippen molar-refractivity contribution in [2.45, 2.75) is 19.5 Å². The Bertz CT molecular complexity index is 1020. The van der Waals surface area contributed by atoms with Crippen molar-refractivity contribution in [3.05, 3.63) is 84.1 Å². The second kappa shape index (κ2) is 6.79. The molecule has 0 saturated carbocycles. The molecule has 7 heteroatoms. The number of aromatic nitrogens is 5. The first kappa shape index (κ1) is 16.0. The highest BCUT2D eigenvalue weighted by Gasteiger charge is 2.16. The van der Waals surface area contributed by atoms with Crippen molar-refractivity contribution < 1.29 is 4.79 Å². The van der Waals surface area contributed by atoms with E-state index in [0.29, 0.717) is 17.9 Å². The van der Waals surface area contributed by atoms with E-state index in [-0.39, 0.29) is 11.9 Å². The standard InChI is InChI=1S/C19H18N6O/c1-14(18-23-22-17-5-2-3-12-25(17)18)21-19(26)16-8-6-15(7-9-16)13-24-11-4-10-20-24/h2-12,14H,13H2,1H3,(H,21,26)/t14-/m0/s1. The number of fused-ring (bicyclic) bond motifs is 1. The number of hydrogen-bond acceptors (Lipinski definition) is 4. The number of nitrogens with zero attached hydrogens (tertiary/aromatic N) is 5. The number of pyridine rings is 1. The molecule has 4 rings (SSSR count). The van der Waals surface area contributed by atoms with Crippen LogP contribution in [0, 0.1) is 0 Å². The first-order valence-corrected chi connectivity index (χ1v) is 8.37. The SMILES string of the molecule is C[C@H](NC(=O)c1ccc(Cn2cccn2)cc1)c1nnc2ccccn12. The lowest BCUT2D eigenvalue weighted by Gasteiger charge is -2.12. The summed E-state index contributed by atoms with van der Waals surface area (Å²) in [7, 11) is 0. The van der Waals surface area contributed by atoms with E-state index in [2.05, 4.69) is 20.6 Å². The minimum absolute atomic E-state index is 0.143. The fourth-order valence-corrected chi connectivity index (χ4v) is 2.84. The first-order valence-electron chi connectivity index (χ1n) is 8.37. The average molecular weight is 346 g/mol. The zero-order valence-corrected chi connectivity index (χ0v) is 14.3. The van der Waals surface area contributed by atoms with Gasteiger partial charge in [-0.3, -0.25) is 13.9 Å². The summed E-state index contributed by atoms with van der Waals surface area (Å²) in [6, 6.07) is 14.8. The van der Waals surface area contributed by atoms with Crippen molar-refractivity contribution in [3.8, 4) is 0 Å². The van der Waals surface area contributed by atoms with Gasteiger partial charge in [0.1, 0.15) is 0 Å². The zero-order chi connectivity index (χ0) is 17.9. The minimum atomic E-state index is -0.261. The summed E-state index contributed by atoms with van der Waals surface area (Å²) in [4.78, 5) is 12.5. The van der Waals surface area contributed by atoms with Crippen LogP contribution in [0.4, 0.5) is 0 Å². The molecule has 3 aromatic heterocycles. The van der Waals surface area contributed by atoms with Crippen molar-refractivity contribution in [1.29, 1.82) is 0 Å². The molecule has 0 radical (unpaired) electrons. The quantitative estimate of drug-likeness (QED) is 0.602. The van der Waals surface area contributed by atoms with Crippen LogP contribution in [0.5, 0.6) is 0 Å². The van der Waals surface area contributed by atoms with E-state index in [1.807, 2.05) is 76.9 Å². The summed E-state index contributed by atoms with van der Waals surface area (Å²) in [5.41, 5.74) is 2.45. The van der Waals surface area contributed by atoms with E-state index in [1.165, 1.54) is 0 Å². The summed E-state index contributed by atoms with van der Waals surface area (Å²) in [5, 5.41) is 15.5. The fraction of sp³-hybridized carbons (Fsp3) is 0.158. The maximum absolute atomic E-state index is 12.5. The molecule has 7 nitrogen and oxygen atoms in total. The largest absolute Gasteiger partial charge is 0.342 e. The summed E-state index contributed by atoms with van der Waals surface area (Å²) in [5.74, 6) is 0.556. The van der Waals surface area contributed by atoms with Gasteiger partial charge in [0.05, 0.1) is 12.6 Å². The minimum Gasteiger partial charge on any atom is -0.342 e. The molecule has 0 aliphatic rings. The highest BCUT2D eigenvalue weighted by molar-refractivity contribution is 5.94. The highest BCUT2D eigenvalue weighted by Crippen LogP contribution is 2.13. The van der Waals surface area contributed by atoms with Crippen LogP contribution < -0.4 is 5.32 Å². The Labute approximate surface area is 150 Å². The van der Waals surface area contributed by atoms with Crippen LogP contribution in [0.1, 0.15) is 34.7 Å². The van der Waals surface area contributed by atoms with Gasteiger partial charge in [0.25, 0.3) is 5.91 Å². The molecule has 0 bridgehead atoms. The van der Waals surface area contributed by atoms with Gasteiger partial charge in [0.15, 0.2) is 11.5 Å². The molecule has 0 unspecified atom stereocenters. The summed E-state index contributed by atoms with van der Waals surface area (Å²) < 4.78 is 3.71. The van der Waals surface area contributed by atoms with Crippen LogP contribution in [0.15, 0.2) is 67.1 Å². The summed E-state index contributed by atoms with van der Waals surface area (Å²) in [6.07, 6.45) is 5.54. The molecular weight excluding hydrogens is 328 g/mol. The Kier molecular flexibility index (Phi) is 4.18. The molecule has 3 heterocycles. The normalized spacial score (nSPS) is 12.2.